The maximum absolute atomic E-state index is 12.2. The summed E-state index contributed by atoms with van der Waals surface area (Å²) in [5, 5.41) is 11.9. The van der Waals surface area contributed by atoms with Crippen LogP contribution in [0.3, 0.4) is 0 Å². The van der Waals surface area contributed by atoms with Crippen LogP contribution < -0.4 is 5.32 Å². The molecular formula is C18H24N2O4. The van der Waals surface area contributed by atoms with Crippen LogP contribution in [-0.2, 0) is 16.1 Å². The van der Waals surface area contributed by atoms with Gasteiger partial charge in [-0.3, -0.25) is 9.59 Å². The molecule has 0 heterocycles. The minimum Gasteiger partial charge on any atom is -0.480 e. The van der Waals surface area contributed by atoms with Gasteiger partial charge in [-0.1, -0.05) is 25.0 Å². The van der Waals surface area contributed by atoms with Gasteiger partial charge < -0.3 is 15.3 Å². The molecule has 1 unspecified atom stereocenters. The Kier molecular flexibility index (Phi) is 5.95. The van der Waals surface area contributed by atoms with Crippen LogP contribution >= 0.6 is 0 Å². The first kappa shape index (κ1) is 18.0. The Morgan fingerprint density at radius 2 is 1.79 bits per heavy atom. The molecule has 130 valence electrons. The van der Waals surface area contributed by atoms with Gasteiger partial charge in [0.1, 0.15) is 6.04 Å². The summed E-state index contributed by atoms with van der Waals surface area (Å²) in [7, 11) is 1.47. The van der Waals surface area contributed by atoms with E-state index in [1.165, 1.54) is 18.9 Å². The van der Waals surface area contributed by atoms with Crippen molar-refractivity contribution >= 4 is 17.8 Å². The Labute approximate surface area is 141 Å². The van der Waals surface area contributed by atoms with Gasteiger partial charge in [-0.05, 0) is 37.5 Å². The van der Waals surface area contributed by atoms with Gasteiger partial charge in [0, 0.05) is 25.1 Å². The summed E-state index contributed by atoms with van der Waals surface area (Å²) in [6.45, 7) is 1.90. The Balaban J connectivity index is 1.91. The minimum atomic E-state index is -1.04. The zero-order valence-electron chi connectivity index (χ0n) is 14.1. The van der Waals surface area contributed by atoms with Crippen molar-refractivity contribution < 1.29 is 19.5 Å². The molecule has 0 bridgehead atoms. The van der Waals surface area contributed by atoms with E-state index >= 15 is 0 Å². The molecule has 6 heteroatoms. The highest BCUT2D eigenvalue weighted by Gasteiger charge is 2.23. The Morgan fingerprint density at radius 3 is 2.33 bits per heavy atom. The van der Waals surface area contributed by atoms with Crippen molar-refractivity contribution in [2.45, 2.75) is 45.2 Å². The fraction of sp³-hybridized carbons (Fsp3) is 0.500. The first-order valence-electron chi connectivity index (χ1n) is 8.26. The van der Waals surface area contributed by atoms with E-state index in [-0.39, 0.29) is 17.7 Å². The number of amides is 2. The lowest BCUT2D eigenvalue weighted by Gasteiger charge is -2.21. The van der Waals surface area contributed by atoms with Gasteiger partial charge in [-0.25, -0.2) is 4.79 Å². The first-order chi connectivity index (χ1) is 11.4. The highest BCUT2D eigenvalue weighted by molar-refractivity contribution is 5.96. The van der Waals surface area contributed by atoms with Crippen molar-refractivity contribution in [1.29, 1.82) is 0 Å². The lowest BCUT2D eigenvalue weighted by atomic mass is 10.1. The fourth-order valence-electron chi connectivity index (χ4n) is 2.83. The fourth-order valence-corrected chi connectivity index (χ4v) is 2.83. The zero-order chi connectivity index (χ0) is 17.7. The summed E-state index contributed by atoms with van der Waals surface area (Å²) in [4.78, 5) is 36.4. The smallest absolute Gasteiger partial charge is 0.326 e. The van der Waals surface area contributed by atoms with Crippen molar-refractivity contribution in [1.82, 2.24) is 10.2 Å². The van der Waals surface area contributed by atoms with Crippen molar-refractivity contribution in [2.75, 3.05) is 7.05 Å². The number of benzene rings is 1. The van der Waals surface area contributed by atoms with Gasteiger partial charge in [0.2, 0.25) is 5.91 Å². The van der Waals surface area contributed by atoms with E-state index in [2.05, 4.69) is 5.32 Å². The largest absolute Gasteiger partial charge is 0.480 e. The topological polar surface area (TPSA) is 86.7 Å². The molecule has 0 saturated heterocycles. The standard InChI is InChI=1S/C18H24N2O4/c1-12(18(23)24)20(2)17(22)15-9-7-13(8-10-15)11-19-16(21)14-5-3-4-6-14/h7-10,12,14H,3-6,11H2,1-2H3,(H,19,21)(H,23,24). The van der Waals surface area contributed by atoms with Crippen molar-refractivity contribution in [3.8, 4) is 0 Å². The third-order valence-electron chi connectivity index (χ3n) is 4.65. The van der Waals surface area contributed by atoms with Crippen LogP contribution in [0.25, 0.3) is 0 Å². The third kappa shape index (κ3) is 4.34. The monoisotopic (exact) mass is 332 g/mol. The predicted octanol–water partition coefficient (Wildman–Crippen LogP) is 2.04. The summed E-state index contributed by atoms with van der Waals surface area (Å²) in [5.74, 6) is -1.15. The molecular weight excluding hydrogens is 308 g/mol. The van der Waals surface area contributed by atoms with E-state index < -0.39 is 12.0 Å². The Hall–Kier alpha value is -2.37. The van der Waals surface area contributed by atoms with Crippen LogP contribution in [0.1, 0.15) is 48.5 Å². The molecule has 1 aromatic rings. The van der Waals surface area contributed by atoms with E-state index in [1.807, 2.05) is 0 Å². The molecule has 1 atom stereocenters. The van der Waals surface area contributed by atoms with Crippen molar-refractivity contribution in [3.63, 3.8) is 0 Å². The molecule has 0 aromatic heterocycles. The van der Waals surface area contributed by atoms with E-state index in [4.69, 9.17) is 5.11 Å². The third-order valence-corrected chi connectivity index (χ3v) is 4.65. The number of nitrogens with zero attached hydrogens (tertiary/aromatic N) is 1. The number of carboxylic acid groups (broad SMARTS) is 1. The van der Waals surface area contributed by atoms with Gasteiger partial charge >= 0.3 is 5.97 Å². The maximum Gasteiger partial charge on any atom is 0.326 e. The molecule has 2 N–H and O–H groups in total. The minimum absolute atomic E-state index is 0.0997. The number of hydrogen-bond donors (Lipinski definition) is 2. The number of carboxylic acids is 1. The number of nitrogens with one attached hydrogen (secondary N) is 1. The molecule has 0 spiro atoms. The van der Waals surface area contributed by atoms with Crippen LogP contribution in [-0.4, -0.2) is 40.9 Å². The van der Waals surface area contributed by atoms with Crippen molar-refractivity contribution in [2.24, 2.45) is 5.92 Å². The molecule has 0 radical (unpaired) electrons. The molecule has 1 saturated carbocycles. The second-order valence-electron chi connectivity index (χ2n) is 6.33. The normalized spacial score (nSPS) is 15.8. The molecule has 6 nitrogen and oxygen atoms in total. The molecule has 1 aliphatic carbocycles. The predicted molar refractivity (Wildman–Crippen MR) is 89.4 cm³/mol. The van der Waals surface area contributed by atoms with E-state index in [0.717, 1.165) is 31.2 Å². The molecule has 1 aromatic carbocycles. The number of hydrogen-bond acceptors (Lipinski definition) is 3. The van der Waals surface area contributed by atoms with E-state index in [9.17, 15) is 14.4 Å². The summed E-state index contributed by atoms with van der Waals surface area (Å²) in [6.07, 6.45) is 4.18. The number of likely N-dealkylation sites (N-methyl/N-ethyl adjacent to an activating group) is 1. The summed E-state index contributed by atoms with van der Waals surface area (Å²) >= 11 is 0. The van der Waals surface area contributed by atoms with Crippen LogP contribution in [0.15, 0.2) is 24.3 Å². The molecule has 1 fully saturated rings. The number of carbonyl (C=O) groups is 3. The molecule has 1 aliphatic rings. The molecule has 24 heavy (non-hydrogen) atoms. The van der Waals surface area contributed by atoms with Gasteiger partial charge in [0.25, 0.3) is 5.91 Å². The van der Waals surface area contributed by atoms with Crippen LogP contribution in [0.2, 0.25) is 0 Å². The summed E-state index contributed by atoms with van der Waals surface area (Å²) in [5.41, 5.74) is 1.34. The second kappa shape index (κ2) is 7.95. The number of carbonyl (C=O) groups excluding carboxylic acids is 2. The Bertz CT molecular complexity index is 606. The van der Waals surface area contributed by atoms with E-state index in [1.54, 1.807) is 24.3 Å². The van der Waals surface area contributed by atoms with Crippen LogP contribution in [0.4, 0.5) is 0 Å². The maximum atomic E-state index is 12.2. The average Bonchev–Trinajstić information content (AvgIpc) is 3.12. The van der Waals surface area contributed by atoms with Crippen molar-refractivity contribution in [3.05, 3.63) is 35.4 Å². The highest BCUT2D eigenvalue weighted by atomic mass is 16.4. The quantitative estimate of drug-likeness (QED) is 0.834. The van der Waals surface area contributed by atoms with Crippen LogP contribution in [0.5, 0.6) is 0 Å². The number of rotatable bonds is 6. The summed E-state index contributed by atoms with van der Waals surface area (Å²) in [6, 6.07) is 5.99. The average molecular weight is 332 g/mol. The molecule has 2 rings (SSSR count). The van der Waals surface area contributed by atoms with Gasteiger partial charge in [0.05, 0.1) is 0 Å². The summed E-state index contributed by atoms with van der Waals surface area (Å²) < 4.78 is 0. The highest BCUT2D eigenvalue weighted by Crippen LogP contribution is 2.24. The lowest BCUT2D eigenvalue weighted by molar-refractivity contribution is -0.141. The number of aliphatic carboxylic acids is 1. The first-order valence-corrected chi connectivity index (χ1v) is 8.26. The van der Waals surface area contributed by atoms with Gasteiger partial charge in [-0.2, -0.15) is 0 Å². The van der Waals surface area contributed by atoms with E-state index in [0.29, 0.717) is 12.1 Å². The molecule has 0 aliphatic heterocycles. The zero-order valence-corrected chi connectivity index (χ0v) is 14.1. The second-order valence-corrected chi connectivity index (χ2v) is 6.33. The van der Waals surface area contributed by atoms with Gasteiger partial charge in [0.15, 0.2) is 0 Å². The van der Waals surface area contributed by atoms with Gasteiger partial charge in [-0.15, -0.1) is 0 Å². The SMILES string of the molecule is CC(C(=O)O)N(C)C(=O)c1ccc(CNC(=O)C2CCCC2)cc1. The lowest BCUT2D eigenvalue weighted by Crippen LogP contribution is -2.40. The van der Waals surface area contributed by atoms with Crippen LogP contribution in [0, 0.1) is 5.92 Å². The Morgan fingerprint density at radius 1 is 1.21 bits per heavy atom. The molecule has 2 amide bonds.